The van der Waals surface area contributed by atoms with Crippen molar-refractivity contribution in [2.45, 2.75) is 39.0 Å². The van der Waals surface area contributed by atoms with Crippen molar-refractivity contribution in [1.82, 2.24) is 0 Å². The topological polar surface area (TPSA) is 9.23 Å². The van der Waals surface area contributed by atoms with Gasteiger partial charge in [-0.15, -0.1) is 0 Å². The zero-order chi connectivity index (χ0) is 14.1. The number of methoxy groups -OCH3 is 1. The first-order valence-corrected chi connectivity index (χ1v) is 7.43. The molecule has 1 unspecified atom stereocenters. The molecule has 0 N–H and O–H groups in total. The third-order valence-electron chi connectivity index (χ3n) is 4.63. The van der Waals surface area contributed by atoms with Crippen LogP contribution in [0.1, 0.15) is 46.6 Å². The van der Waals surface area contributed by atoms with Gasteiger partial charge in [-0.2, -0.15) is 0 Å². The summed E-state index contributed by atoms with van der Waals surface area (Å²) in [6.07, 6.45) is 3.73. The van der Waals surface area contributed by atoms with Gasteiger partial charge in [0.1, 0.15) is 5.75 Å². The molecule has 1 atom stereocenters. The Morgan fingerprint density at radius 2 is 1.90 bits per heavy atom. The molecule has 20 heavy (non-hydrogen) atoms. The van der Waals surface area contributed by atoms with E-state index in [0.717, 1.165) is 5.75 Å². The monoisotopic (exact) mass is 266 g/mol. The quantitative estimate of drug-likeness (QED) is 0.760. The van der Waals surface area contributed by atoms with E-state index in [0.29, 0.717) is 5.92 Å². The van der Waals surface area contributed by atoms with Crippen LogP contribution in [0.15, 0.2) is 36.4 Å². The van der Waals surface area contributed by atoms with E-state index in [1.54, 1.807) is 7.11 Å². The second-order valence-electron chi connectivity index (χ2n) is 5.81. The first-order valence-electron chi connectivity index (χ1n) is 7.43. The highest BCUT2D eigenvalue weighted by molar-refractivity contribution is 5.47. The van der Waals surface area contributed by atoms with Crippen LogP contribution in [0.4, 0.5) is 0 Å². The minimum Gasteiger partial charge on any atom is -0.496 e. The average molecular weight is 266 g/mol. The third kappa shape index (κ3) is 2.22. The highest BCUT2D eigenvalue weighted by Crippen LogP contribution is 2.38. The van der Waals surface area contributed by atoms with Crippen molar-refractivity contribution in [3.63, 3.8) is 0 Å². The van der Waals surface area contributed by atoms with Gasteiger partial charge < -0.3 is 4.74 Å². The third-order valence-corrected chi connectivity index (χ3v) is 4.63. The number of ether oxygens (including phenoxy) is 1. The standard InChI is InChI=1S/C19H22O/c1-13-11-16(12-19(20-3)14(13)2)18-10-6-8-15-7-4-5-9-17(15)18/h4-5,7,9,11-12,18H,6,8,10H2,1-3H3. The largest absolute Gasteiger partial charge is 0.496 e. The van der Waals surface area contributed by atoms with E-state index in [4.69, 9.17) is 4.74 Å². The Hall–Kier alpha value is -1.76. The van der Waals surface area contributed by atoms with Crippen LogP contribution in [-0.4, -0.2) is 7.11 Å². The molecule has 0 amide bonds. The van der Waals surface area contributed by atoms with Gasteiger partial charge in [0.15, 0.2) is 0 Å². The van der Waals surface area contributed by atoms with Gasteiger partial charge >= 0.3 is 0 Å². The minimum absolute atomic E-state index is 0.521. The lowest BCUT2D eigenvalue weighted by Crippen LogP contribution is -2.11. The molecular formula is C19H22O. The van der Waals surface area contributed by atoms with Gasteiger partial charge in [0.25, 0.3) is 0 Å². The SMILES string of the molecule is COc1cc(C2CCCc3ccccc32)cc(C)c1C. The Balaban J connectivity index is 2.09. The van der Waals surface area contributed by atoms with Crippen LogP contribution in [-0.2, 0) is 6.42 Å². The van der Waals surface area contributed by atoms with Crippen LogP contribution in [0.3, 0.4) is 0 Å². The normalized spacial score (nSPS) is 17.6. The Kier molecular flexibility index (Phi) is 3.52. The second kappa shape index (κ2) is 5.32. The molecule has 0 heterocycles. The van der Waals surface area contributed by atoms with Gasteiger partial charge in [-0.1, -0.05) is 30.3 Å². The first kappa shape index (κ1) is 13.2. The number of hydrogen-bond acceptors (Lipinski definition) is 1. The fourth-order valence-electron chi connectivity index (χ4n) is 3.37. The van der Waals surface area contributed by atoms with Gasteiger partial charge in [0.2, 0.25) is 0 Å². The summed E-state index contributed by atoms with van der Waals surface area (Å²) in [5.74, 6) is 1.54. The van der Waals surface area contributed by atoms with Crippen molar-refractivity contribution in [3.05, 3.63) is 64.2 Å². The van der Waals surface area contributed by atoms with Crippen LogP contribution in [0, 0.1) is 13.8 Å². The van der Waals surface area contributed by atoms with Crippen LogP contribution in [0.25, 0.3) is 0 Å². The summed E-state index contributed by atoms with van der Waals surface area (Å²) >= 11 is 0. The van der Waals surface area contributed by atoms with E-state index in [-0.39, 0.29) is 0 Å². The molecule has 104 valence electrons. The number of aryl methyl sites for hydroxylation is 2. The maximum Gasteiger partial charge on any atom is 0.122 e. The Morgan fingerprint density at radius 3 is 2.70 bits per heavy atom. The van der Waals surface area contributed by atoms with Crippen LogP contribution in [0.2, 0.25) is 0 Å². The molecule has 1 heteroatoms. The molecule has 3 rings (SSSR count). The van der Waals surface area contributed by atoms with E-state index >= 15 is 0 Å². The van der Waals surface area contributed by atoms with E-state index < -0.39 is 0 Å². The summed E-state index contributed by atoms with van der Waals surface area (Å²) in [4.78, 5) is 0. The summed E-state index contributed by atoms with van der Waals surface area (Å²) in [6.45, 7) is 4.31. The molecular weight excluding hydrogens is 244 g/mol. The van der Waals surface area contributed by atoms with E-state index in [2.05, 4.69) is 50.2 Å². The Bertz CT molecular complexity index is 628. The highest BCUT2D eigenvalue weighted by Gasteiger charge is 2.22. The summed E-state index contributed by atoms with van der Waals surface area (Å²) in [7, 11) is 1.76. The van der Waals surface area contributed by atoms with Crippen molar-refractivity contribution >= 4 is 0 Å². The van der Waals surface area contributed by atoms with Gasteiger partial charge in [-0.05, 0) is 67.0 Å². The lowest BCUT2D eigenvalue weighted by atomic mass is 9.78. The van der Waals surface area contributed by atoms with Crippen molar-refractivity contribution in [3.8, 4) is 5.75 Å². The van der Waals surface area contributed by atoms with Crippen LogP contribution in [0.5, 0.6) is 5.75 Å². The lowest BCUT2D eigenvalue weighted by molar-refractivity contribution is 0.410. The predicted molar refractivity (Wildman–Crippen MR) is 83.7 cm³/mol. The molecule has 1 aliphatic carbocycles. The number of rotatable bonds is 2. The fraction of sp³-hybridized carbons (Fsp3) is 0.368. The lowest BCUT2D eigenvalue weighted by Gasteiger charge is -2.27. The number of fused-ring (bicyclic) bond motifs is 1. The first-order chi connectivity index (χ1) is 9.70. The molecule has 0 aliphatic heterocycles. The zero-order valence-corrected chi connectivity index (χ0v) is 12.6. The molecule has 0 radical (unpaired) electrons. The molecule has 0 aromatic heterocycles. The molecule has 0 spiro atoms. The van der Waals surface area contributed by atoms with Crippen LogP contribution >= 0.6 is 0 Å². The number of benzene rings is 2. The second-order valence-corrected chi connectivity index (χ2v) is 5.81. The van der Waals surface area contributed by atoms with Crippen molar-refractivity contribution < 1.29 is 4.74 Å². The smallest absolute Gasteiger partial charge is 0.122 e. The van der Waals surface area contributed by atoms with E-state index in [1.807, 2.05) is 0 Å². The highest BCUT2D eigenvalue weighted by atomic mass is 16.5. The van der Waals surface area contributed by atoms with Gasteiger partial charge in [0, 0.05) is 5.92 Å². The summed E-state index contributed by atoms with van der Waals surface area (Å²) in [5, 5.41) is 0. The van der Waals surface area contributed by atoms with Crippen molar-refractivity contribution in [1.29, 1.82) is 0 Å². The van der Waals surface area contributed by atoms with Gasteiger partial charge in [0.05, 0.1) is 7.11 Å². The predicted octanol–water partition coefficient (Wildman–Crippen LogP) is 4.78. The molecule has 1 aliphatic rings. The fourth-order valence-corrected chi connectivity index (χ4v) is 3.37. The molecule has 2 aromatic rings. The maximum absolute atomic E-state index is 5.55. The molecule has 0 saturated carbocycles. The summed E-state index contributed by atoms with van der Waals surface area (Å²) < 4.78 is 5.55. The van der Waals surface area contributed by atoms with E-state index in [9.17, 15) is 0 Å². The molecule has 0 fully saturated rings. The van der Waals surface area contributed by atoms with Gasteiger partial charge in [-0.3, -0.25) is 0 Å². The average Bonchev–Trinajstić information content (AvgIpc) is 2.49. The van der Waals surface area contributed by atoms with Crippen molar-refractivity contribution in [2.75, 3.05) is 7.11 Å². The summed E-state index contributed by atoms with van der Waals surface area (Å²) in [6, 6.07) is 13.5. The molecule has 0 bridgehead atoms. The van der Waals surface area contributed by atoms with Gasteiger partial charge in [-0.25, -0.2) is 0 Å². The zero-order valence-electron chi connectivity index (χ0n) is 12.6. The Labute approximate surface area is 121 Å². The molecule has 1 nitrogen and oxygen atoms in total. The minimum atomic E-state index is 0.521. The van der Waals surface area contributed by atoms with E-state index in [1.165, 1.54) is 47.1 Å². The maximum atomic E-state index is 5.55. The van der Waals surface area contributed by atoms with Crippen molar-refractivity contribution in [2.24, 2.45) is 0 Å². The Morgan fingerprint density at radius 1 is 1.10 bits per heavy atom. The molecule has 0 saturated heterocycles. The number of hydrogen-bond donors (Lipinski definition) is 0. The molecule has 2 aromatic carbocycles. The summed E-state index contributed by atoms with van der Waals surface area (Å²) in [5.41, 5.74) is 6.99. The van der Waals surface area contributed by atoms with Crippen LogP contribution < -0.4 is 4.74 Å².